The number of carboxylic acid groups (broad SMARTS) is 1. The van der Waals surface area contributed by atoms with Gasteiger partial charge in [-0.15, -0.1) is 10.2 Å². The number of anilines is 2. The van der Waals surface area contributed by atoms with Crippen LogP contribution in [0.1, 0.15) is 23.9 Å². The summed E-state index contributed by atoms with van der Waals surface area (Å²) in [6.45, 7) is 2.17. The smallest absolute Gasteiger partial charge is 0.328 e. The Morgan fingerprint density at radius 1 is 1.25 bits per heavy atom. The van der Waals surface area contributed by atoms with Gasteiger partial charge in [-0.2, -0.15) is 0 Å². The average Bonchev–Trinajstić information content (AvgIpc) is 2.99. The summed E-state index contributed by atoms with van der Waals surface area (Å²) in [6, 6.07) is 7.08. The molecule has 0 saturated heterocycles. The van der Waals surface area contributed by atoms with Crippen LogP contribution in [-0.4, -0.2) is 33.7 Å². The number of amides is 1. The van der Waals surface area contributed by atoms with E-state index in [2.05, 4.69) is 27.8 Å². The maximum atomic E-state index is 11.9. The second-order valence-corrected chi connectivity index (χ2v) is 6.01. The monoisotopic (exact) mass is 346 g/mol. The predicted octanol–water partition coefficient (Wildman–Crippen LogP) is 2.64. The number of carboxylic acids is 1. The number of rotatable bonds is 8. The fraction of sp³-hybridized carbons (Fsp3) is 0.250. The molecular weight excluding hydrogens is 328 g/mol. The molecule has 0 bridgehead atoms. The van der Waals surface area contributed by atoms with Gasteiger partial charge in [-0.25, -0.2) is 4.79 Å². The largest absolute Gasteiger partial charge is 0.478 e. The van der Waals surface area contributed by atoms with Crippen molar-refractivity contribution in [3.8, 4) is 0 Å². The van der Waals surface area contributed by atoms with Crippen LogP contribution in [0.25, 0.3) is 6.08 Å². The highest BCUT2D eigenvalue weighted by molar-refractivity contribution is 7.15. The van der Waals surface area contributed by atoms with E-state index in [9.17, 15) is 9.59 Å². The fourth-order valence-corrected chi connectivity index (χ4v) is 2.70. The predicted molar refractivity (Wildman–Crippen MR) is 94.1 cm³/mol. The number of carbonyl (C=O) groups is 2. The van der Waals surface area contributed by atoms with E-state index in [1.165, 1.54) is 17.4 Å². The summed E-state index contributed by atoms with van der Waals surface area (Å²) < 4.78 is 0. The minimum Gasteiger partial charge on any atom is -0.478 e. The average molecular weight is 346 g/mol. The van der Waals surface area contributed by atoms with Crippen molar-refractivity contribution in [2.24, 2.45) is 0 Å². The number of hydrogen-bond donors (Lipinski definition) is 3. The second kappa shape index (κ2) is 8.78. The van der Waals surface area contributed by atoms with E-state index in [0.29, 0.717) is 5.13 Å². The van der Waals surface area contributed by atoms with Crippen LogP contribution < -0.4 is 10.6 Å². The third kappa shape index (κ3) is 5.81. The van der Waals surface area contributed by atoms with Crippen LogP contribution in [-0.2, 0) is 16.0 Å². The summed E-state index contributed by atoms with van der Waals surface area (Å²) in [4.78, 5) is 22.3. The Morgan fingerprint density at radius 3 is 2.67 bits per heavy atom. The maximum Gasteiger partial charge on any atom is 0.328 e. The van der Waals surface area contributed by atoms with E-state index in [-0.39, 0.29) is 12.5 Å². The van der Waals surface area contributed by atoms with Crippen LogP contribution in [0.3, 0.4) is 0 Å². The zero-order valence-corrected chi connectivity index (χ0v) is 14.0. The Bertz CT molecular complexity index is 725. The second-order valence-electron chi connectivity index (χ2n) is 4.95. The number of carbonyl (C=O) groups excluding carboxylic acids is 1. The molecule has 0 unspecified atom stereocenters. The van der Waals surface area contributed by atoms with Gasteiger partial charge < -0.3 is 10.4 Å². The maximum absolute atomic E-state index is 11.9. The highest BCUT2D eigenvalue weighted by Crippen LogP contribution is 2.16. The lowest BCUT2D eigenvalue weighted by molar-refractivity contribution is -0.131. The van der Waals surface area contributed by atoms with E-state index in [1.807, 2.05) is 0 Å². The summed E-state index contributed by atoms with van der Waals surface area (Å²) in [6.07, 6.45) is 4.42. The minimum atomic E-state index is -0.993. The van der Waals surface area contributed by atoms with Crippen molar-refractivity contribution < 1.29 is 14.7 Å². The minimum absolute atomic E-state index is 0.104. The molecular formula is C16H18N4O3S. The lowest BCUT2D eigenvalue weighted by Crippen LogP contribution is -2.21. The van der Waals surface area contributed by atoms with Crippen molar-refractivity contribution in [3.05, 3.63) is 40.9 Å². The Hall–Kier alpha value is -2.74. The van der Waals surface area contributed by atoms with Crippen molar-refractivity contribution >= 4 is 40.1 Å². The van der Waals surface area contributed by atoms with E-state index in [0.717, 1.165) is 35.2 Å². The molecule has 7 nitrogen and oxygen atoms in total. The van der Waals surface area contributed by atoms with Crippen LogP contribution in [0, 0.1) is 0 Å². The molecule has 8 heteroatoms. The lowest BCUT2D eigenvalue weighted by Gasteiger charge is -2.06. The van der Waals surface area contributed by atoms with Crippen LogP contribution in [0.5, 0.6) is 0 Å². The molecule has 0 spiro atoms. The van der Waals surface area contributed by atoms with Crippen molar-refractivity contribution in [1.29, 1.82) is 0 Å². The van der Waals surface area contributed by atoms with Gasteiger partial charge in [0.2, 0.25) is 11.0 Å². The van der Waals surface area contributed by atoms with Gasteiger partial charge in [0.25, 0.3) is 0 Å². The molecule has 3 N–H and O–H groups in total. The Morgan fingerprint density at radius 2 is 2.00 bits per heavy atom. The molecule has 0 aliphatic rings. The van der Waals surface area contributed by atoms with Crippen molar-refractivity contribution in [3.63, 3.8) is 0 Å². The first-order valence-electron chi connectivity index (χ1n) is 7.44. The molecule has 126 valence electrons. The molecule has 2 rings (SSSR count). The van der Waals surface area contributed by atoms with Gasteiger partial charge in [-0.3, -0.25) is 10.1 Å². The third-order valence-corrected chi connectivity index (χ3v) is 3.86. The fourth-order valence-electron chi connectivity index (χ4n) is 1.84. The number of hydrogen-bond acceptors (Lipinski definition) is 6. The number of nitrogens with one attached hydrogen (secondary N) is 2. The number of nitrogens with zero attached hydrogens (tertiary/aromatic N) is 2. The van der Waals surface area contributed by atoms with Gasteiger partial charge >= 0.3 is 5.97 Å². The molecule has 1 aromatic carbocycles. The van der Waals surface area contributed by atoms with Gasteiger partial charge in [0.15, 0.2) is 0 Å². The molecule has 0 aliphatic carbocycles. The number of aryl methyl sites for hydroxylation is 1. The first kappa shape index (κ1) is 17.6. The van der Waals surface area contributed by atoms with E-state index < -0.39 is 5.97 Å². The van der Waals surface area contributed by atoms with Gasteiger partial charge in [0, 0.05) is 18.2 Å². The standard InChI is InChI=1S/C16H18N4O3S/c1-2-3-14-19-20-16(24-14)18-13(21)10-17-12-7-4-11(5-8-12)6-9-15(22)23/h4-9,17H,2-3,10H2,1H3,(H,22,23)(H,18,20,21). The molecule has 1 heterocycles. The van der Waals surface area contributed by atoms with E-state index >= 15 is 0 Å². The highest BCUT2D eigenvalue weighted by Gasteiger charge is 2.07. The first-order chi connectivity index (χ1) is 11.6. The topological polar surface area (TPSA) is 104 Å². The summed E-state index contributed by atoms with van der Waals surface area (Å²) in [5.74, 6) is -1.20. The highest BCUT2D eigenvalue weighted by atomic mass is 32.1. The number of aromatic nitrogens is 2. The van der Waals surface area contributed by atoms with Crippen LogP contribution in [0.4, 0.5) is 10.8 Å². The molecule has 0 radical (unpaired) electrons. The van der Waals surface area contributed by atoms with Gasteiger partial charge in [-0.1, -0.05) is 30.4 Å². The first-order valence-corrected chi connectivity index (χ1v) is 8.25. The summed E-state index contributed by atoms with van der Waals surface area (Å²) >= 11 is 1.38. The van der Waals surface area contributed by atoms with E-state index in [4.69, 9.17) is 5.11 Å². The molecule has 1 aromatic heterocycles. The summed E-state index contributed by atoms with van der Waals surface area (Å²) in [5.41, 5.74) is 1.53. The molecule has 0 saturated carbocycles. The summed E-state index contributed by atoms with van der Waals surface area (Å²) in [7, 11) is 0. The van der Waals surface area contributed by atoms with Crippen LogP contribution in [0.15, 0.2) is 30.3 Å². The lowest BCUT2D eigenvalue weighted by atomic mass is 10.2. The van der Waals surface area contributed by atoms with Crippen molar-refractivity contribution in [1.82, 2.24) is 10.2 Å². The van der Waals surface area contributed by atoms with Crippen LogP contribution in [0.2, 0.25) is 0 Å². The molecule has 1 amide bonds. The van der Waals surface area contributed by atoms with E-state index in [1.54, 1.807) is 24.3 Å². The SMILES string of the molecule is CCCc1nnc(NC(=O)CNc2ccc(C=CC(=O)O)cc2)s1. The third-order valence-electron chi connectivity index (χ3n) is 2.96. The molecule has 0 fully saturated rings. The molecule has 2 aromatic rings. The Labute approximate surface area is 143 Å². The molecule has 24 heavy (non-hydrogen) atoms. The quantitative estimate of drug-likeness (QED) is 0.635. The van der Waals surface area contributed by atoms with Gasteiger partial charge in [0.05, 0.1) is 6.54 Å². The number of benzene rings is 1. The zero-order valence-electron chi connectivity index (χ0n) is 13.2. The van der Waals surface area contributed by atoms with Crippen molar-refractivity contribution in [2.75, 3.05) is 17.2 Å². The summed E-state index contributed by atoms with van der Waals surface area (Å²) in [5, 5.41) is 23.6. The van der Waals surface area contributed by atoms with Crippen molar-refractivity contribution in [2.45, 2.75) is 19.8 Å². The number of aliphatic carboxylic acids is 1. The normalized spacial score (nSPS) is 10.7. The zero-order chi connectivity index (χ0) is 17.4. The Balaban J connectivity index is 1.81. The molecule has 0 atom stereocenters. The van der Waals surface area contributed by atoms with Gasteiger partial charge in [0.1, 0.15) is 5.01 Å². The molecule has 0 aliphatic heterocycles. The van der Waals surface area contributed by atoms with Gasteiger partial charge in [-0.05, 0) is 30.2 Å². The van der Waals surface area contributed by atoms with Crippen LogP contribution >= 0.6 is 11.3 Å². The Kier molecular flexibility index (Phi) is 6.44.